The molecular formula is C24H29FN4O3. The maximum absolute atomic E-state index is 13.5. The molecule has 0 saturated heterocycles. The van der Waals surface area contributed by atoms with E-state index < -0.39 is 11.9 Å². The second-order valence-electron chi connectivity index (χ2n) is 9.10. The average molecular weight is 441 g/mol. The zero-order chi connectivity index (χ0) is 23.5. The van der Waals surface area contributed by atoms with Gasteiger partial charge in [0.05, 0.1) is 23.8 Å². The van der Waals surface area contributed by atoms with Crippen LogP contribution in [0.4, 0.5) is 15.8 Å². The van der Waals surface area contributed by atoms with Crippen molar-refractivity contribution in [2.45, 2.75) is 39.7 Å². The maximum atomic E-state index is 13.5. The van der Waals surface area contributed by atoms with Crippen LogP contribution in [0.15, 0.2) is 42.5 Å². The first-order valence-corrected chi connectivity index (χ1v) is 10.6. The van der Waals surface area contributed by atoms with Crippen LogP contribution in [0.3, 0.4) is 0 Å². The number of halogens is 1. The van der Waals surface area contributed by atoms with Gasteiger partial charge in [0.2, 0.25) is 11.8 Å². The van der Waals surface area contributed by atoms with E-state index in [1.54, 1.807) is 35.2 Å². The van der Waals surface area contributed by atoms with Crippen molar-refractivity contribution in [3.63, 3.8) is 0 Å². The van der Waals surface area contributed by atoms with E-state index in [9.17, 15) is 18.8 Å². The summed E-state index contributed by atoms with van der Waals surface area (Å²) in [5, 5.41) is 5.52. The quantitative estimate of drug-likeness (QED) is 0.663. The van der Waals surface area contributed by atoms with Crippen molar-refractivity contribution in [2.75, 3.05) is 23.3 Å². The molecule has 3 rings (SSSR count). The molecule has 1 aliphatic rings. The largest absolute Gasteiger partial charge is 0.351 e. The Balaban J connectivity index is 2.09. The highest BCUT2D eigenvalue weighted by atomic mass is 19.1. The minimum atomic E-state index is -0.608. The summed E-state index contributed by atoms with van der Waals surface area (Å²) < 4.78 is 13.5. The molecule has 1 unspecified atom stereocenters. The van der Waals surface area contributed by atoms with Crippen molar-refractivity contribution < 1.29 is 18.8 Å². The number of hydrogen-bond donors (Lipinski definition) is 3. The highest BCUT2D eigenvalue weighted by Gasteiger charge is 2.35. The second kappa shape index (κ2) is 9.48. The fourth-order valence-corrected chi connectivity index (χ4v) is 3.71. The van der Waals surface area contributed by atoms with Crippen LogP contribution in [0.1, 0.15) is 55.6 Å². The molecule has 7 nitrogen and oxygen atoms in total. The van der Waals surface area contributed by atoms with Gasteiger partial charge in [0.1, 0.15) is 5.82 Å². The smallest absolute Gasteiger partial charge is 0.251 e. The van der Waals surface area contributed by atoms with Crippen LogP contribution in [0, 0.1) is 11.2 Å². The summed E-state index contributed by atoms with van der Waals surface area (Å²) in [5.74, 6) is -1.18. The van der Waals surface area contributed by atoms with Crippen molar-refractivity contribution >= 4 is 29.1 Å². The monoisotopic (exact) mass is 440 g/mol. The molecule has 1 aliphatic heterocycles. The zero-order valence-electron chi connectivity index (χ0n) is 18.6. The highest BCUT2D eigenvalue weighted by molar-refractivity contribution is 6.06. The van der Waals surface area contributed by atoms with E-state index in [-0.39, 0.29) is 36.0 Å². The minimum absolute atomic E-state index is 0.00486. The number of rotatable bonds is 5. The van der Waals surface area contributed by atoms with Gasteiger partial charge in [-0.3, -0.25) is 14.4 Å². The van der Waals surface area contributed by atoms with Crippen molar-refractivity contribution in [1.82, 2.24) is 5.32 Å². The van der Waals surface area contributed by atoms with Crippen LogP contribution < -0.4 is 21.3 Å². The third-order valence-electron chi connectivity index (χ3n) is 5.12. The van der Waals surface area contributed by atoms with Crippen LogP contribution in [-0.4, -0.2) is 30.8 Å². The standard InChI is InChI=1S/C24H29FN4O3/c1-24(2,3)14-22(31)29-19-9-6-16(23(32)27-11-10-26)12-18(19)28-21(30)13-20(29)15-4-7-17(25)8-5-15/h4-9,12,20H,10-11,13-14,26H2,1-3H3,(H,27,32)(H,28,30). The first-order valence-electron chi connectivity index (χ1n) is 10.6. The lowest BCUT2D eigenvalue weighted by Gasteiger charge is -2.33. The molecule has 0 aromatic heterocycles. The molecule has 3 amide bonds. The van der Waals surface area contributed by atoms with E-state index in [1.807, 2.05) is 20.8 Å². The second-order valence-corrected chi connectivity index (χ2v) is 9.10. The number of carbonyl (C=O) groups is 3. The molecule has 0 aliphatic carbocycles. The summed E-state index contributed by atoms with van der Waals surface area (Å²) >= 11 is 0. The van der Waals surface area contributed by atoms with E-state index >= 15 is 0 Å². The number of amides is 3. The van der Waals surface area contributed by atoms with Gasteiger partial charge in [0.15, 0.2) is 0 Å². The number of carbonyl (C=O) groups excluding carboxylic acids is 3. The van der Waals surface area contributed by atoms with E-state index in [1.165, 1.54) is 12.1 Å². The van der Waals surface area contributed by atoms with Crippen molar-refractivity contribution in [3.05, 3.63) is 59.4 Å². The normalized spacial score (nSPS) is 16.1. The minimum Gasteiger partial charge on any atom is -0.351 e. The van der Waals surface area contributed by atoms with E-state index in [0.29, 0.717) is 35.6 Å². The molecule has 32 heavy (non-hydrogen) atoms. The van der Waals surface area contributed by atoms with Gasteiger partial charge in [-0.15, -0.1) is 0 Å². The molecule has 170 valence electrons. The molecule has 0 radical (unpaired) electrons. The zero-order valence-corrected chi connectivity index (χ0v) is 18.6. The Bertz CT molecular complexity index is 1010. The van der Waals surface area contributed by atoms with Gasteiger partial charge >= 0.3 is 0 Å². The summed E-state index contributed by atoms with van der Waals surface area (Å²) in [6, 6.07) is 10.0. The lowest BCUT2D eigenvalue weighted by atomic mass is 9.90. The SMILES string of the molecule is CC(C)(C)CC(=O)N1c2ccc(C(=O)NCCN)cc2NC(=O)CC1c1ccc(F)cc1. The van der Waals surface area contributed by atoms with Gasteiger partial charge in [-0.25, -0.2) is 4.39 Å². The summed E-state index contributed by atoms with van der Waals surface area (Å²) in [6.07, 6.45) is 0.252. The van der Waals surface area contributed by atoms with Crippen LogP contribution in [0.25, 0.3) is 0 Å². The number of nitrogens with two attached hydrogens (primary N) is 1. The molecule has 4 N–H and O–H groups in total. The summed E-state index contributed by atoms with van der Waals surface area (Å²) in [6.45, 7) is 6.52. The van der Waals surface area contributed by atoms with Gasteiger partial charge in [0.25, 0.3) is 5.91 Å². The molecule has 0 saturated carbocycles. The van der Waals surface area contributed by atoms with Gasteiger partial charge in [-0.2, -0.15) is 0 Å². The molecule has 2 aromatic rings. The van der Waals surface area contributed by atoms with Crippen LogP contribution in [0.2, 0.25) is 0 Å². The third-order valence-corrected chi connectivity index (χ3v) is 5.12. The van der Waals surface area contributed by atoms with E-state index in [2.05, 4.69) is 10.6 Å². The van der Waals surface area contributed by atoms with Gasteiger partial charge < -0.3 is 21.3 Å². The topological polar surface area (TPSA) is 105 Å². The van der Waals surface area contributed by atoms with Crippen molar-refractivity contribution in [3.8, 4) is 0 Å². The van der Waals surface area contributed by atoms with Gasteiger partial charge in [-0.1, -0.05) is 32.9 Å². The molecular weight excluding hydrogens is 411 g/mol. The highest BCUT2D eigenvalue weighted by Crippen LogP contribution is 2.40. The molecule has 0 fully saturated rings. The van der Waals surface area contributed by atoms with Crippen LogP contribution >= 0.6 is 0 Å². The number of hydrogen-bond acceptors (Lipinski definition) is 4. The molecule has 8 heteroatoms. The Morgan fingerprint density at radius 1 is 1.19 bits per heavy atom. The third kappa shape index (κ3) is 5.50. The summed E-state index contributed by atoms with van der Waals surface area (Å²) in [5.41, 5.74) is 7.04. The predicted molar refractivity (Wildman–Crippen MR) is 122 cm³/mol. The first kappa shape index (κ1) is 23.4. The van der Waals surface area contributed by atoms with Gasteiger partial charge in [0, 0.05) is 25.1 Å². The van der Waals surface area contributed by atoms with Gasteiger partial charge in [-0.05, 0) is 41.3 Å². The Kier molecular flexibility index (Phi) is 6.93. The van der Waals surface area contributed by atoms with Crippen molar-refractivity contribution in [2.24, 2.45) is 11.1 Å². The summed E-state index contributed by atoms with van der Waals surface area (Å²) in [4.78, 5) is 40.2. The predicted octanol–water partition coefficient (Wildman–Crippen LogP) is 3.37. The molecule has 2 aromatic carbocycles. The molecule has 1 atom stereocenters. The van der Waals surface area contributed by atoms with E-state index in [0.717, 1.165) is 0 Å². The average Bonchev–Trinajstić information content (AvgIpc) is 2.86. The van der Waals surface area contributed by atoms with Crippen molar-refractivity contribution in [1.29, 1.82) is 0 Å². The number of fused-ring (bicyclic) bond motifs is 1. The number of nitrogens with zero attached hydrogens (tertiary/aromatic N) is 1. The molecule has 0 bridgehead atoms. The lowest BCUT2D eigenvalue weighted by Crippen LogP contribution is -2.37. The lowest BCUT2D eigenvalue weighted by molar-refractivity contribution is -0.121. The Morgan fingerprint density at radius 3 is 2.50 bits per heavy atom. The number of anilines is 2. The van der Waals surface area contributed by atoms with Crippen LogP contribution in [0.5, 0.6) is 0 Å². The fraction of sp³-hybridized carbons (Fsp3) is 0.375. The first-order chi connectivity index (χ1) is 15.1. The number of nitrogens with one attached hydrogen (secondary N) is 2. The fourth-order valence-electron chi connectivity index (χ4n) is 3.71. The Morgan fingerprint density at radius 2 is 1.88 bits per heavy atom. The maximum Gasteiger partial charge on any atom is 0.251 e. The number of benzene rings is 2. The Hall–Kier alpha value is -3.26. The van der Waals surface area contributed by atoms with Crippen LogP contribution in [-0.2, 0) is 9.59 Å². The molecule has 0 spiro atoms. The Labute approximate surface area is 187 Å². The van der Waals surface area contributed by atoms with E-state index in [4.69, 9.17) is 5.73 Å². The molecule has 1 heterocycles. The summed E-state index contributed by atoms with van der Waals surface area (Å²) in [7, 11) is 0.